The van der Waals surface area contributed by atoms with E-state index in [-0.39, 0.29) is 11.9 Å². The van der Waals surface area contributed by atoms with Gasteiger partial charge in [0.15, 0.2) is 6.10 Å². The molecule has 1 aromatic carbocycles. The second-order valence-corrected chi connectivity index (χ2v) is 6.22. The minimum Gasteiger partial charge on any atom is -0.481 e. The molecule has 2 rings (SSSR count). The molecular weight excluding hydrogens is 320 g/mol. The molecule has 0 unspecified atom stereocenters. The van der Waals surface area contributed by atoms with Crippen LogP contribution >= 0.6 is 15.9 Å². The summed E-state index contributed by atoms with van der Waals surface area (Å²) in [4.78, 5) is 14.4. The summed E-state index contributed by atoms with van der Waals surface area (Å²) < 4.78 is 6.61. The Balaban J connectivity index is 1.83. The third-order valence-electron chi connectivity index (χ3n) is 3.54. The summed E-state index contributed by atoms with van der Waals surface area (Å²) in [6.45, 7) is 3.85. The number of piperidine rings is 1. The molecule has 0 saturated carbocycles. The second-order valence-electron chi connectivity index (χ2n) is 5.30. The number of ether oxygens (including phenoxy) is 1. The SMILES string of the molecule is C[C@@H](Oc1cccc(Br)c1)C(=O)NC1CCN(C)CC1. The van der Waals surface area contributed by atoms with E-state index >= 15 is 0 Å². The molecule has 0 spiro atoms. The lowest BCUT2D eigenvalue weighted by Crippen LogP contribution is -2.47. The number of hydrogen-bond acceptors (Lipinski definition) is 3. The van der Waals surface area contributed by atoms with E-state index in [1.165, 1.54) is 0 Å². The predicted octanol–water partition coefficient (Wildman–Crippen LogP) is 2.43. The summed E-state index contributed by atoms with van der Waals surface area (Å²) in [5.41, 5.74) is 0. The van der Waals surface area contributed by atoms with Crippen molar-refractivity contribution in [3.05, 3.63) is 28.7 Å². The van der Waals surface area contributed by atoms with Crippen molar-refractivity contribution in [2.75, 3.05) is 20.1 Å². The highest BCUT2D eigenvalue weighted by atomic mass is 79.9. The molecule has 5 heteroatoms. The highest BCUT2D eigenvalue weighted by Crippen LogP contribution is 2.19. The van der Waals surface area contributed by atoms with Gasteiger partial charge in [0.1, 0.15) is 5.75 Å². The Morgan fingerprint density at radius 3 is 2.80 bits per heavy atom. The zero-order chi connectivity index (χ0) is 14.5. The van der Waals surface area contributed by atoms with Crippen molar-refractivity contribution in [1.82, 2.24) is 10.2 Å². The number of likely N-dealkylation sites (tertiary alicyclic amines) is 1. The molecule has 1 atom stereocenters. The molecule has 1 N–H and O–H groups in total. The van der Waals surface area contributed by atoms with Crippen LogP contribution in [0.25, 0.3) is 0 Å². The molecular formula is C15H21BrN2O2. The van der Waals surface area contributed by atoms with E-state index in [2.05, 4.69) is 33.2 Å². The van der Waals surface area contributed by atoms with Gasteiger partial charge in [-0.3, -0.25) is 4.79 Å². The lowest BCUT2D eigenvalue weighted by Gasteiger charge is -2.30. The molecule has 20 heavy (non-hydrogen) atoms. The van der Waals surface area contributed by atoms with Gasteiger partial charge >= 0.3 is 0 Å². The van der Waals surface area contributed by atoms with Crippen LogP contribution in [0.15, 0.2) is 28.7 Å². The molecule has 1 aliphatic rings. The van der Waals surface area contributed by atoms with Crippen molar-refractivity contribution in [3.63, 3.8) is 0 Å². The van der Waals surface area contributed by atoms with Gasteiger partial charge in [-0.05, 0) is 58.1 Å². The number of amides is 1. The van der Waals surface area contributed by atoms with Crippen LogP contribution in [-0.4, -0.2) is 43.1 Å². The van der Waals surface area contributed by atoms with E-state index in [4.69, 9.17) is 4.74 Å². The number of carbonyl (C=O) groups excluding carboxylic acids is 1. The summed E-state index contributed by atoms with van der Waals surface area (Å²) in [5.74, 6) is 0.657. The lowest BCUT2D eigenvalue weighted by atomic mass is 10.1. The minimum atomic E-state index is -0.482. The van der Waals surface area contributed by atoms with E-state index in [1.807, 2.05) is 24.3 Å². The van der Waals surface area contributed by atoms with Gasteiger partial charge in [-0.2, -0.15) is 0 Å². The van der Waals surface area contributed by atoms with Crippen LogP contribution in [0.3, 0.4) is 0 Å². The smallest absolute Gasteiger partial charge is 0.260 e. The Morgan fingerprint density at radius 2 is 2.15 bits per heavy atom. The predicted molar refractivity (Wildman–Crippen MR) is 82.9 cm³/mol. The molecule has 1 fully saturated rings. The number of hydrogen-bond donors (Lipinski definition) is 1. The fraction of sp³-hybridized carbons (Fsp3) is 0.533. The maximum absolute atomic E-state index is 12.1. The van der Waals surface area contributed by atoms with Gasteiger partial charge in [0.05, 0.1) is 0 Å². The monoisotopic (exact) mass is 340 g/mol. The summed E-state index contributed by atoms with van der Waals surface area (Å²) in [7, 11) is 2.11. The topological polar surface area (TPSA) is 41.6 Å². The number of nitrogens with one attached hydrogen (secondary N) is 1. The van der Waals surface area contributed by atoms with Crippen LogP contribution in [0.1, 0.15) is 19.8 Å². The molecule has 1 heterocycles. The lowest BCUT2D eigenvalue weighted by molar-refractivity contribution is -0.128. The molecule has 0 radical (unpaired) electrons. The Morgan fingerprint density at radius 1 is 1.45 bits per heavy atom. The third kappa shape index (κ3) is 4.49. The summed E-state index contributed by atoms with van der Waals surface area (Å²) in [5, 5.41) is 3.07. The van der Waals surface area contributed by atoms with Crippen LogP contribution < -0.4 is 10.1 Å². The average molecular weight is 341 g/mol. The molecule has 0 aliphatic carbocycles. The average Bonchev–Trinajstić information content (AvgIpc) is 2.41. The Labute approximate surface area is 128 Å². The highest BCUT2D eigenvalue weighted by molar-refractivity contribution is 9.10. The quantitative estimate of drug-likeness (QED) is 0.915. The van der Waals surface area contributed by atoms with Crippen molar-refractivity contribution < 1.29 is 9.53 Å². The van der Waals surface area contributed by atoms with E-state index in [0.29, 0.717) is 5.75 Å². The number of carbonyl (C=O) groups is 1. The standard InChI is InChI=1S/C15H21BrN2O2/c1-11(20-14-5-3-4-12(16)10-14)15(19)17-13-6-8-18(2)9-7-13/h3-5,10-11,13H,6-9H2,1-2H3,(H,17,19)/t11-/m1/s1. The third-order valence-corrected chi connectivity index (χ3v) is 4.04. The van der Waals surface area contributed by atoms with Gasteiger partial charge in [-0.1, -0.05) is 22.0 Å². The molecule has 1 saturated heterocycles. The van der Waals surface area contributed by atoms with Crippen LogP contribution in [0.5, 0.6) is 5.75 Å². The zero-order valence-corrected chi connectivity index (χ0v) is 13.5. The van der Waals surface area contributed by atoms with Gasteiger partial charge in [0, 0.05) is 10.5 Å². The Kier molecular flexibility index (Phi) is 5.43. The minimum absolute atomic E-state index is 0.0421. The van der Waals surface area contributed by atoms with Gasteiger partial charge in [0.25, 0.3) is 5.91 Å². The van der Waals surface area contributed by atoms with Crippen molar-refractivity contribution in [1.29, 1.82) is 0 Å². The fourth-order valence-electron chi connectivity index (χ4n) is 2.27. The van der Waals surface area contributed by atoms with E-state index in [9.17, 15) is 4.79 Å². The number of halogens is 1. The van der Waals surface area contributed by atoms with Gasteiger partial charge in [-0.25, -0.2) is 0 Å². The first-order chi connectivity index (χ1) is 9.54. The van der Waals surface area contributed by atoms with E-state index < -0.39 is 6.10 Å². The highest BCUT2D eigenvalue weighted by Gasteiger charge is 2.22. The summed E-state index contributed by atoms with van der Waals surface area (Å²) >= 11 is 3.39. The maximum Gasteiger partial charge on any atom is 0.260 e. The van der Waals surface area contributed by atoms with Gasteiger partial charge in [0.2, 0.25) is 0 Å². The van der Waals surface area contributed by atoms with Crippen LogP contribution in [0.2, 0.25) is 0 Å². The molecule has 4 nitrogen and oxygen atoms in total. The fourth-order valence-corrected chi connectivity index (χ4v) is 2.65. The van der Waals surface area contributed by atoms with Crippen molar-refractivity contribution in [3.8, 4) is 5.75 Å². The van der Waals surface area contributed by atoms with E-state index in [1.54, 1.807) is 6.92 Å². The van der Waals surface area contributed by atoms with Crippen LogP contribution in [0, 0.1) is 0 Å². The van der Waals surface area contributed by atoms with Crippen molar-refractivity contribution in [2.45, 2.75) is 31.9 Å². The molecule has 1 aliphatic heterocycles. The zero-order valence-electron chi connectivity index (χ0n) is 11.9. The maximum atomic E-state index is 12.1. The Bertz CT molecular complexity index is 459. The first-order valence-corrected chi connectivity index (χ1v) is 7.75. The number of rotatable bonds is 4. The van der Waals surface area contributed by atoms with Crippen molar-refractivity contribution >= 4 is 21.8 Å². The second kappa shape index (κ2) is 7.09. The van der Waals surface area contributed by atoms with Gasteiger partial charge in [-0.15, -0.1) is 0 Å². The number of nitrogens with zero attached hydrogens (tertiary/aromatic N) is 1. The first kappa shape index (κ1) is 15.3. The normalized spacial score (nSPS) is 18.6. The van der Waals surface area contributed by atoms with Crippen molar-refractivity contribution in [2.24, 2.45) is 0 Å². The largest absolute Gasteiger partial charge is 0.481 e. The summed E-state index contributed by atoms with van der Waals surface area (Å²) in [6.07, 6.45) is 1.53. The molecule has 1 amide bonds. The molecule has 1 aromatic rings. The Hall–Kier alpha value is -1.07. The van der Waals surface area contributed by atoms with E-state index in [0.717, 1.165) is 30.4 Å². The van der Waals surface area contributed by atoms with Crippen LogP contribution in [0.4, 0.5) is 0 Å². The molecule has 0 bridgehead atoms. The summed E-state index contributed by atoms with van der Waals surface area (Å²) in [6, 6.07) is 7.80. The first-order valence-electron chi connectivity index (χ1n) is 6.96. The molecule has 0 aromatic heterocycles. The molecule has 110 valence electrons. The van der Waals surface area contributed by atoms with Gasteiger partial charge < -0.3 is 15.0 Å². The number of benzene rings is 1. The van der Waals surface area contributed by atoms with Crippen LogP contribution in [-0.2, 0) is 4.79 Å².